The summed E-state index contributed by atoms with van der Waals surface area (Å²) in [6.45, 7) is 1.44. The molecule has 96 valence electrons. The van der Waals surface area contributed by atoms with Crippen molar-refractivity contribution in [1.82, 2.24) is 0 Å². The van der Waals surface area contributed by atoms with Gasteiger partial charge in [-0.3, -0.25) is 25.2 Å². The molecule has 10 nitrogen and oxygen atoms in total. The zero-order valence-corrected chi connectivity index (χ0v) is 9.31. The van der Waals surface area contributed by atoms with Gasteiger partial charge in [0.15, 0.2) is 0 Å². The molecule has 0 saturated carbocycles. The van der Waals surface area contributed by atoms with Gasteiger partial charge in [-0.25, -0.2) is 5.84 Å². The number of benzene rings is 1. The summed E-state index contributed by atoms with van der Waals surface area (Å²) in [5, 5.41) is 25.5. The third-order valence-electron chi connectivity index (χ3n) is 2.16. The SMILES string of the molecule is CC(=NN)N(N)c1ccc([N+](=O)[O-])cc1[N+](=O)[O-]. The molecule has 4 N–H and O–H groups in total. The predicted octanol–water partition coefficient (Wildman–Crippen LogP) is 0.475. The van der Waals surface area contributed by atoms with Gasteiger partial charge in [-0.2, -0.15) is 5.10 Å². The van der Waals surface area contributed by atoms with Crippen molar-refractivity contribution in [3.05, 3.63) is 38.4 Å². The molecule has 1 aromatic carbocycles. The van der Waals surface area contributed by atoms with Gasteiger partial charge < -0.3 is 5.84 Å². The molecule has 0 bridgehead atoms. The summed E-state index contributed by atoms with van der Waals surface area (Å²) < 4.78 is 0. The van der Waals surface area contributed by atoms with Crippen molar-refractivity contribution in [2.24, 2.45) is 16.8 Å². The second-order valence-corrected chi connectivity index (χ2v) is 3.23. The van der Waals surface area contributed by atoms with Crippen molar-refractivity contribution in [3.8, 4) is 0 Å². The number of anilines is 1. The largest absolute Gasteiger partial charge is 0.322 e. The number of rotatable bonds is 3. The second kappa shape index (κ2) is 5.05. The van der Waals surface area contributed by atoms with Gasteiger partial charge in [0.25, 0.3) is 5.69 Å². The third-order valence-corrected chi connectivity index (χ3v) is 2.16. The Morgan fingerprint density at radius 1 is 1.33 bits per heavy atom. The van der Waals surface area contributed by atoms with Crippen molar-refractivity contribution >= 4 is 22.9 Å². The lowest BCUT2D eigenvalue weighted by Gasteiger charge is -2.16. The summed E-state index contributed by atoms with van der Waals surface area (Å²) in [4.78, 5) is 19.9. The van der Waals surface area contributed by atoms with Crippen LogP contribution in [0.4, 0.5) is 17.1 Å². The fraction of sp³-hybridized carbons (Fsp3) is 0.125. The Balaban J connectivity index is 3.37. The minimum atomic E-state index is -0.772. The minimum absolute atomic E-state index is 0.0442. The van der Waals surface area contributed by atoms with Gasteiger partial charge in [-0.05, 0) is 13.0 Å². The minimum Gasteiger partial charge on any atom is -0.322 e. The number of nitrogens with zero attached hydrogens (tertiary/aromatic N) is 4. The molecule has 18 heavy (non-hydrogen) atoms. The Morgan fingerprint density at radius 2 is 1.94 bits per heavy atom. The van der Waals surface area contributed by atoms with E-state index < -0.39 is 21.2 Å². The van der Waals surface area contributed by atoms with Crippen LogP contribution in [0.25, 0.3) is 0 Å². The number of nitrogens with two attached hydrogens (primary N) is 2. The fourth-order valence-corrected chi connectivity index (χ4v) is 1.21. The standard InChI is InChI=1S/C8H10N6O4/c1-5(11-9)12(10)7-3-2-6(13(15)16)4-8(7)14(17)18/h2-4H,9-10H2,1H3. The van der Waals surface area contributed by atoms with E-state index >= 15 is 0 Å². The van der Waals surface area contributed by atoms with Crippen LogP contribution in [0.3, 0.4) is 0 Å². The molecule has 0 aliphatic carbocycles. The van der Waals surface area contributed by atoms with Crippen LogP contribution in [-0.4, -0.2) is 15.7 Å². The Kier molecular flexibility index (Phi) is 3.74. The van der Waals surface area contributed by atoms with Crippen molar-refractivity contribution < 1.29 is 9.85 Å². The number of nitro groups is 2. The van der Waals surface area contributed by atoms with E-state index in [1.165, 1.54) is 6.92 Å². The molecule has 1 aromatic rings. The van der Waals surface area contributed by atoms with E-state index in [1.54, 1.807) is 0 Å². The molecule has 0 atom stereocenters. The average Bonchev–Trinajstić information content (AvgIpc) is 2.35. The summed E-state index contributed by atoms with van der Waals surface area (Å²) in [5.74, 6) is 10.7. The molecule has 0 amide bonds. The molecule has 0 heterocycles. The monoisotopic (exact) mass is 254 g/mol. The van der Waals surface area contributed by atoms with E-state index in [1.807, 2.05) is 0 Å². The van der Waals surface area contributed by atoms with Crippen molar-refractivity contribution in [1.29, 1.82) is 0 Å². The zero-order chi connectivity index (χ0) is 13.9. The van der Waals surface area contributed by atoms with E-state index in [-0.39, 0.29) is 11.5 Å². The lowest BCUT2D eigenvalue weighted by Crippen LogP contribution is -2.36. The van der Waals surface area contributed by atoms with Gasteiger partial charge in [0, 0.05) is 6.07 Å². The molecule has 0 saturated heterocycles. The van der Waals surface area contributed by atoms with Gasteiger partial charge in [-0.1, -0.05) is 0 Å². The lowest BCUT2D eigenvalue weighted by molar-refractivity contribution is -0.393. The van der Waals surface area contributed by atoms with Crippen molar-refractivity contribution in [3.63, 3.8) is 0 Å². The number of amidine groups is 1. The van der Waals surface area contributed by atoms with E-state index in [9.17, 15) is 20.2 Å². The first-order valence-electron chi connectivity index (χ1n) is 4.60. The van der Waals surface area contributed by atoms with Crippen LogP contribution in [0.2, 0.25) is 0 Å². The summed E-state index contributed by atoms with van der Waals surface area (Å²) in [6.07, 6.45) is 0. The number of nitro benzene ring substituents is 2. The number of hydrazone groups is 1. The molecule has 0 aliphatic rings. The van der Waals surface area contributed by atoms with Crippen LogP contribution in [0.5, 0.6) is 0 Å². The third kappa shape index (κ3) is 2.49. The molecule has 0 aliphatic heterocycles. The van der Waals surface area contributed by atoms with Crippen molar-refractivity contribution in [2.45, 2.75) is 6.92 Å². The molecule has 0 spiro atoms. The van der Waals surface area contributed by atoms with Crippen LogP contribution >= 0.6 is 0 Å². The Morgan fingerprint density at radius 3 is 2.39 bits per heavy atom. The maximum atomic E-state index is 10.8. The van der Waals surface area contributed by atoms with Gasteiger partial charge in [0.2, 0.25) is 0 Å². The van der Waals surface area contributed by atoms with Gasteiger partial charge in [0.05, 0.1) is 15.9 Å². The highest BCUT2D eigenvalue weighted by Crippen LogP contribution is 2.30. The van der Waals surface area contributed by atoms with Crippen LogP contribution in [-0.2, 0) is 0 Å². The van der Waals surface area contributed by atoms with Gasteiger partial charge in [0.1, 0.15) is 11.5 Å². The van der Waals surface area contributed by atoms with Crippen LogP contribution < -0.4 is 16.7 Å². The zero-order valence-electron chi connectivity index (χ0n) is 9.31. The quantitative estimate of drug-likeness (QED) is 0.261. The molecular weight excluding hydrogens is 244 g/mol. The molecule has 0 unspecified atom stereocenters. The number of hydrogen-bond donors (Lipinski definition) is 2. The van der Waals surface area contributed by atoms with Crippen LogP contribution in [0.1, 0.15) is 6.92 Å². The van der Waals surface area contributed by atoms with E-state index in [2.05, 4.69) is 5.10 Å². The van der Waals surface area contributed by atoms with Gasteiger partial charge in [-0.15, -0.1) is 0 Å². The molecular formula is C8H10N6O4. The summed E-state index contributed by atoms with van der Waals surface area (Å²) in [7, 11) is 0. The topological polar surface area (TPSA) is 154 Å². The average molecular weight is 254 g/mol. The Labute approximate surface area is 101 Å². The van der Waals surface area contributed by atoms with Crippen molar-refractivity contribution in [2.75, 3.05) is 5.01 Å². The first-order chi connectivity index (χ1) is 8.38. The van der Waals surface area contributed by atoms with Crippen LogP contribution in [0, 0.1) is 20.2 Å². The first kappa shape index (κ1) is 13.3. The molecule has 10 heteroatoms. The maximum absolute atomic E-state index is 10.8. The van der Waals surface area contributed by atoms with E-state index in [4.69, 9.17) is 11.7 Å². The highest BCUT2D eigenvalue weighted by molar-refractivity contribution is 5.96. The fourth-order valence-electron chi connectivity index (χ4n) is 1.21. The van der Waals surface area contributed by atoms with Crippen LogP contribution in [0.15, 0.2) is 23.3 Å². The second-order valence-electron chi connectivity index (χ2n) is 3.23. The predicted molar refractivity (Wildman–Crippen MR) is 63.7 cm³/mol. The molecule has 0 radical (unpaired) electrons. The summed E-state index contributed by atoms with van der Waals surface area (Å²) in [5.41, 5.74) is -0.951. The van der Waals surface area contributed by atoms with E-state index in [0.29, 0.717) is 0 Å². The number of hydrazine groups is 1. The molecule has 1 rings (SSSR count). The normalized spacial score (nSPS) is 11.1. The Hall–Kier alpha value is -2.75. The van der Waals surface area contributed by atoms with Gasteiger partial charge >= 0.3 is 5.69 Å². The Bertz CT molecular complexity index is 528. The smallest absolute Gasteiger partial charge is 0.301 e. The number of hydrogen-bond acceptors (Lipinski definition) is 7. The molecule has 0 fully saturated rings. The highest BCUT2D eigenvalue weighted by atomic mass is 16.6. The maximum Gasteiger partial charge on any atom is 0.301 e. The summed E-state index contributed by atoms with van der Waals surface area (Å²) in [6, 6.07) is 3.08. The molecule has 0 aromatic heterocycles. The van der Waals surface area contributed by atoms with E-state index in [0.717, 1.165) is 23.2 Å². The lowest BCUT2D eigenvalue weighted by atomic mass is 10.2. The first-order valence-corrected chi connectivity index (χ1v) is 4.60. The number of non-ortho nitro benzene ring substituents is 1. The highest BCUT2D eigenvalue weighted by Gasteiger charge is 2.23. The summed E-state index contributed by atoms with van der Waals surface area (Å²) >= 11 is 0.